The Morgan fingerprint density at radius 1 is 1.08 bits per heavy atom. The van der Waals surface area contributed by atoms with Crippen molar-refractivity contribution in [3.63, 3.8) is 0 Å². The molecule has 0 spiro atoms. The Labute approximate surface area is 71.2 Å². The van der Waals surface area contributed by atoms with Gasteiger partial charge in [0, 0.05) is 7.11 Å². The van der Waals surface area contributed by atoms with Gasteiger partial charge in [-0.3, -0.25) is 0 Å². The van der Waals surface area contributed by atoms with Crippen LogP contribution in [0.2, 0.25) is 0 Å². The summed E-state index contributed by atoms with van der Waals surface area (Å²) in [6.07, 6.45) is 0. The van der Waals surface area contributed by atoms with Crippen LogP contribution < -0.4 is 0 Å². The van der Waals surface area contributed by atoms with E-state index in [1.54, 1.807) is 7.11 Å². The molecule has 0 aromatic heterocycles. The molecule has 0 bridgehead atoms. The van der Waals surface area contributed by atoms with Gasteiger partial charge in [-0.05, 0) is 0 Å². The highest BCUT2D eigenvalue weighted by Gasteiger charge is 1.97. The highest BCUT2D eigenvalue weighted by atomic mass is 16.5. The molecule has 5 nitrogen and oxygen atoms in total. The zero-order chi connectivity index (χ0) is 9.23. The van der Waals surface area contributed by atoms with E-state index in [1.165, 1.54) is 0 Å². The minimum Gasteiger partial charge on any atom is -0.382 e. The molecule has 0 unspecified atom stereocenters. The molecule has 0 aliphatic rings. The van der Waals surface area contributed by atoms with Crippen molar-refractivity contribution in [1.29, 1.82) is 0 Å². The lowest BCUT2D eigenvalue weighted by atomic mass is 10.7. The van der Waals surface area contributed by atoms with E-state index in [0.29, 0.717) is 19.8 Å². The van der Waals surface area contributed by atoms with Crippen LogP contribution >= 0.6 is 0 Å². The van der Waals surface area contributed by atoms with Crippen LogP contribution in [0, 0.1) is 0 Å². The second kappa shape index (κ2) is 8.45. The van der Waals surface area contributed by atoms with Crippen molar-refractivity contribution in [3.8, 4) is 0 Å². The van der Waals surface area contributed by atoms with Crippen LogP contribution in [0.15, 0.2) is 0 Å². The van der Waals surface area contributed by atoms with Crippen molar-refractivity contribution in [2.45, 2.75) is 0 Å². The van der Waals surface area contributed by atoms with Gasteiger partial charge in [0.15, 0.2) is 0 Å². The first-order valence-corrected chi connectivity index (χ1v) is 3.61. The normalized spacial score (nSPS) is 10.1. The summed E-state index contributed by atoms with van der Waals surface area (Å²) >= 11 is 0. The fourth-order valence-corrected chi connectivity index (χ4v) is 0.518. The molecule has 0 aromatic carbocycles. The van der Waals surface area contributed by atoms with Crippen molar-refractivity contribution in [2.75, 3.05) is 40.1 Å². The Hall–Kier alpha value is -0.650. The average Bonchev–Trinajstić information content (AvgIpc) is 2.02. The summed E-state index contributed by atoms with van der Waals surface area (Å²) in [6, 6.07) is 0. The predicted octanol–water partition coefficient (Wildman–Crippen LogP) is -0.377. The number of hydrogen-bond acceptors (Lipinski definition) is 4. The number of hydrogen-bond donors (Lipinski definition) is 0. The second-order valence-corrected chi connectivity index (χ2v) is 2.03. The number of methoxy groups -OCH3 is 1. The molecule has 0 saturated heterocycles. The van der Waals surface area contributed by atoms with Gasteiger partial charge in [-0.15, -0.1) is 0 Å². The van der Waals surface area contributed by atoms with Gasteiger partial charge >= 0.3 is 5.97 Å². The molecule has 0 aromatic rings. The summed E-state index contributed by atoms with van der Waals surface area (Å²) in [4.78, 5) is 9.84. The van der Waals surface area contributed by atoms with Crippen LogP contribution in [-0.4, -0.2) is 46.1 Å². The number of ether oxygens (including phenoxy) is 3. The zero-order valence-electron chi connectivity index (χ0n) is 7.08. The third-order valence-electron chi connectivity index (χ3n) is 1.02. The van der Waals surface area contributed by atoms with E-state index in [0.717, 1.165) is 0 Å². The van der Waals surface area contributed by atoms with Crippen LogP contribution in [0.3, 0.4) is 0 Å². The van der Waals surface area contributed by atoms with E-state index in [4.69, 9.17) is 9.47 Å². The van der Waals surface area contributed by atoms with Crippen molar-refractivity contribution >= 4 is 5.97 Å². The van der Waals surface area contributed by atoms with E-state index in [9.17, 15) is 9.90 Å². The van der Waals surface area contributed by atoms with Crippen LogP contribution in [0.5, 0.6) is 0 Å². The predicted molar refractivity (Wildman–Crippen MR) is 39.2 cm³/mol. The molecule has 1 radical (unpaired) electrons. The van der Waals surface area contributed by atoms with Gasteiger partial charge < -0.3 is 14.2 Å². The smallest absolute Gasteiger partial charge is 0.380 e. The molecule has 0 atom stereocenters. The Kier molecular flexibility index (Phi) is 7.99. The summed E-state index contributed by atoms with van der Waals surface area (Å²) in [5.74, 6) is -1.22. The maximum Gasteiger partial charge on any atom is 0.380 e. The third kappa shape index (κ3) is 9.35. The van der Waals surface area contributed by atoms with E-state index >= 15 is 0 Å². The number of carbonyl (C=O) groups excluding carboxylic acids is 1. The zero-order valence-corrected chi connectivity index (χ0v) is 7.08. The summed E-state index contributed by atoms with van der Waals surface area (Å²) < 4.78 is 14.4. The Morgan fingerprint density at radius 3 is 2.25 bits per heavy atom. The molecule has 0 amide bonds. The fourth-order valence-electron chi connectivity index (χ4n) is 0.518. The minimum absolute atomic E-state index is 0.262. The molecule has 12 heavy (non-hydrogen) atoms. The monoisotopic (exact) mass is 177 g/mol. The Morgan fingerprint density at radius 2 is 1.67 bits per heavy atom. The maximum absolute atomic E-state index is 9.84. The van der Waals surface area contributed by atoms with Crippen LogP contribution in [0.25, 0.3) is 0 Å². The van der Waals surface area contributed by atoms with Crippen LogP contribution in [0.1, 0.15) is 0 Å². The first kappa shape index (κ1) is 11.4. The van der Waals surface area contributed by atoms with E-state index in [-0.39, 0.29) is 13.2 Å². The standard InChI is InChI=1S/C7H13O5/c1-10-2-3-11-4-5-12-6-7(8)9/h2-6H2,1H3. The van der Waals surface area contributed by atoms with Gasteiger partial charge in [-0.25, -0.2) is 9.90 Å². The molecule has 0 rings (SSSR count). The highest BCUT2D eigenvalue weighted by Crippen LogP contribution is 1.79. The molecule has 0 N–H and O–H groups in total. The van der Waals surface area contributed by atoms with Crippen LogP contribution in [0.4, 0.5) is 0 Å². The first-order chi connectivity index (χ1) is 5.77. The summed E-state index contributed by atoms with van der Waals surface area (Å²) in [7, 11) is 1.58. The van der Waals surface area contributed by atoms with E-state index in [1.807, 2.05) is 0 Å². The number of rotatable bonds is 8. The largest absolute Gasteiger partial charge is 0.382 e. The van der Waals surface area contributed by atoms with Gasteiger partial charge in [-0.1, -0.05) is 0 Å². The topological polar surface area (TPSA) is 64.7 Å². The van der Waals surface area contributed by atoms with Gasteiger partial charge in [0.25, 0.3) is 0 Å². The minimum atomic E-state index is -1.22. The summed E-state index contributed by atoms with van der Waals surface area (Å²) in [5, 5.41) is 9.84. The van der Waals surface area contributed by atoms with Gasteiger partial charge in [0.1, 0.15) is 6.61 Å². The maximum atomic E-state index is 9.84. The van der Waals surface area contributed by atoms with E-state index in [2.05, 4.69) is 4.74 Å². The molecule has 71 valence electrons. The van der Waals surface area contributed by atoms with Crippen molar-refractivity contribution in [1.82, 2.24) is 0 Å². The lowest BCUT2D eigenvalue weighted by molar-refractivity contribution is -0.149. The molecule has 0 aliphatic carbocycles. The van der Waals surface area contributed by atoms with Gasteiger partial charge in [0.05, 0.1) is 26.4 Å². The lowest BCUT2D eigenvalue weighted by Crippen LogP contribution is -2.12. The van der Waals surface area contributed by atoms with Gasteiger partial charge in [-0.2, -0.15) is 0 Å². The molecule has 0 aliphatic heterocycles. The first-order valence-electron chi connectivity index (χ1n) is 3.61. The lowest BCUT2D eigenvalue weighted by Gasteiger charge is -2.02. The van der Waals surface area contributed by atoms with Crippen LogP contribution in [-0.2, 0) is 24.1 Å². The average molecular weight is 177 g/mol. The van der Waals surface area contributed by atoms with Crippen molar-refractivity contribution in [3.05, 3.63) is 0 Å². The summed E-state index contributed by atoms with van der Waals surface area (Å²) in [5.41, 5.74) is 0. The molecular weight excluding hydrogens is 164 g/mol. The summed E-state index contributed by atoms with van der Waals surface area (Å²) in [6.45, 7) is 1.27. The molecule has 5 heteroatoms. The van der Waals surface area contributed by atoms with Crippen molar-refractivity contribution in [2.24, 2.45) is 0 Å². The van der Waals surface area contributed by atoms with Crippen molar-refractivity contribution < 1.29 is 24.1 Å². The fraction of sp³-hybridized carbons (Fsp3) is 0.857. The Balaban J connectivity index is 2.86. The Bertz CT molecular complexity index is 114. The van der Waals surface area contributed by atoms with Gasteiger partial charge in [0.2, 0.25) is 0 Å². The van der Waals surface area contributed by atoms with E-state index < -0.39 is 5.97 Å². The second-order valence-electron chi connectivity index (χ2n) is 2.03. The third-order valence-corrected chi connectivity index (χ3v) is 1.02. The molecule has 0 saturated carbocycles. The SMILES string of the molecule is COCCOCCOCC([O])=O. The molecular formula is C7H13O5. The number of carbonyl (C=O) groups is 1. The molecule has 0 fully saturated rings. The molecule has 0 heterocycles. The highest BCUT2D eigenvalue weighted by molar-refractivity contribution is 5.67. The quantitative estimate of drug-likeness (QED) is 0.474.